The van der Waals surface area contributed by atoms with Crippen molar-refractivity contribution < 1.29 is 105 Å². The first-order valence-corrected chi connectivity index (χ1v) is 28.8. The normalized spacial score (nSPS) is 10.4. The average molecular weight is 2080 g/mol. The number of aromatic nitrogens is 7. The molecule has 7 nitrogen and oxygen atoms in total. The van der Waals surface area contributed by atoms with Gasteiger partial charge in [0, 0.05) is 155 Å². The third kappa shape index (κ3) is 17.1. The number of thiophene rings is 1. The van der Waals surface area contributed by atoms with Crippen molar-refractivity contribution in [1.82, 2.24) is 34.1 Å². The van der Waals surface area contributed by atoms with Gasteiger partial charge in [0.2, 0.25) is 0 Å². The number of benzene rings is 8. The first-order valence-electron chi connectivity index (χ1n) is 28.0. The maximum Gasteiger partial charge on any atom is 0.0639 e. The summed E-state index contributed by atoms with van der Waals surface area (Å²) in [6.07, 6.45) is 11.1. The minimum atomic E-state index is -0.283. The van der Waals surface area contributed by atoms with E-state index < -0.39 is 0 Å². The van der Waals surface area contributed by atoms with Gasteiger partial charge in [-0.3, -0.25) is 14.1 Å². The molecule has 14 heteroatoms. The molecule has 0 fully saturated rings. The molecule has 0 spiro atoms. The Balaban J connectivity index is 0.000000183. The number of para-hydroxylation sites is 1. The van der Waals surface area contributed by atoms with E-state index in [0.717, 1.165) is 66.3 Å². The van der Waals surface area contributed by atoms with Crippen LogP contribution in [0.3, 0.4) is 0 Å². The summed E-state index contributed by atoms with van der Waals surface area (Å²) < 4.78 is 16.9. The van der Waals surface area contributed by atoms with Crippen LogP contribution in [-0.4, -0.2) is 34.1 Å². The van der Waals surface area contributed by atoms with E-state index in [0.29, 0.717) is 0 Å². The second-order valence-electron chi connectivity index (χ2n) is 21.3. The summed E-state index contributed by atoms with van der Waals surface area (Å²) in [6, 6.07) is 83.8. The van der Waals surface area contributed by atoms with Gasteiger partial charge in [-0.05, 0) is 117 Å². The van der Waals surface area contributed by atoms with E-state index in [1.54, 1.807) is 40.7 Å². The Labute approximate surface area is 597 Å². The van der Waals surface area contributed by atoms with Gasteiger partial charge in [0.05, 0.1) is 11.3 Å². The second-order valence-corrected chi connectivity index (χ2v) is 22.2. The van der Waals surface area contributed by atoms with Crippen LogP contribution < -0.4 is 0 Å². The van der Waals surface area contributed by atoms with Crippen LogP contribution >= 0.6 is 11.3 Å². The Morgan fingerprint density at radius 1 is 0.500 bits per heavy atom. The van der Waals surface area contributed by atoms with Crippen molar-refractivity contribution in [1.29, 1.82) is 0 Å². The van der Waals surface area contributed by atoms with E-state index in [2.05, 4.69) is 187 Å². The molecule has 0 saturated heterocycles. The predicted octanol–water partition coefficient (Wildman–Crippen LogP) is 19.1. The van der Waals surface area contributed by atoms with Crippen molar-refractivity contribution in [2.75, 3.05) is 0 Å². The number of imidazole rings is 1. The second kappa shape index (κ2) is 33.9. The zero-order valence-electron chi connectivity index (χ0n) is 49.8. The molecule has 0 aliphatic carbocycles. The van der Waals surface area contributed by atoms with Crippen molar-refractivity contribution in [3.63, 3.8) is 0 Å². The maximum atomic E-state index is 12.9. The van der Waals surface area contributed by atoms with Gasteiger partial charge in [-0.1, -0.05) is 128 Å². The largest absolute Gasteiger partial charge is 0.333 e. The minimum Gasteiger partial charge on any atom is -0.333 e. The summed E-state index contributed by atoms with van der Waals surface area (Å²) in [4.78, 5) is 19.0. The van der Waals surface area contributed by atoms with E-state index in [1.165, 1.54) is 67.0 Å². The molecular formula is C76H59FIr5N7S-5. The minimum absolute atomic E-state index is 0. The molecular weight excluding hydrogens is 2020 g/mol. The van der Waals surface area contributed by atoms with Crippen LogP contribution in [0, 0.1) is 56.9 Å². The number of halogens is 1. The van der Waals surface area contributed by atoms with Gasteiger partial charge >= 0.3 is 0 Å². The summed E-state index contributed by atoms with van der Waals surface area (Å²) in [5.74, 6) is -0.283. The number of nitrogens with zero attached hydrogens (tertiary/aromatic N) is 7. The fourth-order valence-electron chi connectivity index (χ4n) is 10.1. The fraction of sp³-hybridized carbons (Fsp3) is 0.0921. The molecule has 0 aliphatic rings. The monoisotopic (exact) mass is 2090 g/mol. The molecule has 7 aromatic heterocycles. The van der Waals surface area contributed by atoms with Crippen molar-refractivity contribution in [2.24, 2.45) is 0 Å². The Kier molecular flexibility index (Phi) is 27.2. The van der Waals surface area contributed by atoms with Crippen molar-refractivity contribution in [2.45, 2.75) is 47.0 Å². The van der Waals surface area contributed by atoms with Crippen LogP contribution in [0.25, 0.3) is 98.9 Å². The number of fused-ring (bicyclic) bond motifs is 8. The molecule has 7 heterocycles. The van der Waals surface area contributed by atoms with Gasteiger partial charge in [0.25, 0.3) is 0 Å². The van der Waals surface area contributed by atoms with Gasteiger partial charge in [0.1, 0.15) is 0 Å². The van der Waals surface area contributed by atoms with Crippen LogP contribution in [0.4, 0.5) is 4.39 Å². The summed E-state index contributed by atoms with van der Waals surface area (Å²) in [6.45, 7) is 13.1. The SMILES string of the molecule is CC(C)(C)c1c[c-]c(-c2nccc3ccccc23)cc1.Cc1ccc2c(c1)c1ccc[c-]c1c1ncc(-c3c(C)cccc3C)n21.Fc1c[c-]c(-c2nccc3ccccc23)cc1.[Ir].[Ir].[Ir].[Ir].[Ir].[c-]1ccccc1-n1cccn1.[c-]1ccsc1-c1ccccn1. The molecule has 15 rings (SSSR count). The summed E-state index contributed by atoms with van der Waals surface area (Å²) in [5.41, 5.74) is 15.5. The summed E-state index contributed by atoms with van der Waals surface area (Å²) in [5, 5.41) is 14.2. The predicted molar refractivity (Wildman–Crippen MR) is 348 cm³/mol. The Morgan fingerprint density at radius 3 is 1.72 bits per heavy atom. The Hall–Kier alpha value is -6.97. The molecule has 90 heavy (non-hydrogen) atoms. The van der Waals surface area contributed by atoms with Crippen LogP contribution in [0.1, 0.15) is 43.0 Å². The zero-order chi connectivity index (χ0) is 58.7. The Morgan fingerprint density at radius 2 is 1.14 bits per heavy atom. The third-order valence-corrected chi connectivity index (χ3v) is 15.2. The molecule has 0 atom stereocenters. The number of rotatable bonds is 5. The van der Waals surface area contributed by atoms with Gasteiger partial charge < -0.3 is 19.4 Å². The quantitative estimate of drug-likeness (QED) is 0.127. The van der Waals surface area contributed by atoms with Crippen LogP contribution in [0.15, 0.2) is 249 Å². The number of hydrogen-bond donors (Lipinski definition) is 0. The molecule has 0 saturated carbocycles. The average Bonchev–Trinajstić information content (AvgIpc) is 1.65. The molecule has 0 amide bonds. The first kappa shape index (κ1) is 72.1. The number of hydrogen-bond acceptors (Lipinski definition) is 6. The van der Waals surface area contributed by atoms with Crippen molar-refractivity contribution in [3.05, 3.63) is 307 Å². The van der Waals surface area contributed by atoms with Crippen LogP contribution in [0.5, 0.6) is 0 Å². The molecule has 0 unspecified atom stereocenters. The molecule has 461 valence electrons. The van der Waals surface area contributed by atoms with E-state index in [9.17, 15) is 4.39 Å². The zero-order valence-corrected chi connectivity index (χ0v) is 62.5. The van der Waals surface area contributed by atoms with Crippen LogP contribution in [-0.2, 0) is 106 Å². The van der Waals surface area contributed by atoms with Crippen LogP contribution in [0.2, 0.25) is 0 Å². The van der Waals surface area contributed by atoms with Gasteiger partial charge in [0.15, 0.2) is 0 Å². The van der Waals surface area contributed by atoms with E-state index in [1.807, 2.05) is 121 Å². The van der Waals surface area contributed by atoms with E-state index in [-0.39, 0.29) is 112 Å². The van der Waals surface area contributed by atoms with E-state index >= 15 is 0 Å². The Bertz CT molecular complexity index is 4580. The van der Waals surface area contributed by atoms with Crippen molar-refractivity contribution >= 4 is 60.2 Å². The van der Waals surface area contributed by atoms with Crippen molar-refractivity contribution in [3.8, 4) is 50.0 Å². The summed E-state index contributed by atoms with van der Waals surface area (Å²) >= 11 is 1.66. The molecule has 8 aromatic carbocycles. The van der Waals surface area contributed by atoms with Gasteiger partial charge in [-0.2, -0.15) is 41.5 Å². The molecule has 0 aliphatic heterocycles. The smallest absolute Gasteiger partial charge is 0.0639 e. The molecule has 0 N–H and O–H groups in total. The number of aryl methyl sites for hydroxylation is 3. The van der Waals surface area contributed by atoms with Gasteiger partial charge in [-0.15, -0.1) is 106 Å². The molecule has 5 radical (unpaired) electrons. The fourth-order valence-corrected chi connectivity index (χ4v) is 10.8. The molecule has 0 bridgehead atoms. The first-order chi connectivity index (χ1) is 41.5. The maximum absolute atomic E-state index is 12.9. The summed E-state index contributed by atoms with van der Waals surface area (Å²) in [7, 11) is 0. The van der Waals surface area contributed by atoms with E-state index in [4.69, 9.17) is 4.98 Å². The number of pyridine rings is 4. The van der Waals surface area contributed by atoms with Gasteiger partial charge in [-0.25, -0.2) is 11.3 Å². The third-order valence-electron chi connectivity index (χ3n) is 14.4. The molecule has 15 aromatic rings. The standard InChI is InChI=1S/C24H19N2.C19H18N.C15H9FN.C9H7N2.C9H6NS.5Ir/c1-15-11-12-21-20(13-15)18-9-4-5-10-19(18)24-25-14-22(26(21)24)23-16(2)7-6-8-17(23)3;1-19(2,3)16-10-8-15(9-11-16)18-17-7-5-4-6-14(17)12-13-20-18;16-13-7-5-12(6-8-13)15-14-4-2-1-3-11(14)9-10-17-15;1-2-5-9(6-3-1)11-8-4-7-10-11;1-2-6-10-8(4-1)9-5-3-7-11-9;;;;;/h4-9,11-14H,1-3H3;4-8,10-13H,1-3H3;1-5,7-10H;1-5,7-8H;1-4,6-7H;;;;;/q5*-1;;;;;. The topological polar surface area (TPSA) is 73.8 Å².